The lowest BCUT2D eigenvalue weighted by atomic mass is 10.2. The smallest absolute Gasteiger partial charge is 0.258 e. The summed E-state index contributed by atoms with van der Waals surface area (Å²) in [5.74, 6) is 0.00866. The van der Waals surface area contributed by atoms with Crippen LogP contribution in [0.15, 0.2) is 6.20 Å². The molecule has 2 N–H and O–H groups in total. The molecule has 1 aromatic rings. The average Bonchev–Trinajstić information content (AvgIpc) is 2.65. The van der Waals surface area contributed by atoms with Gasteiger partial charge in [0.25, 0.3) is 5.91 Å². The third-order valence-electron chi connectivity index (χ3n) is 2.62. The van der Waals surface area contributed by atoms with Crippen molar-refractivity contribution < 1.29 is 4.79 Å². The summed E-state index contributed by atoms with van der Waals surface area (Å²) >= 11 is 1.17. The van der Waals surface area contributed by atoms with Gasteiger partial charge in [-0.05, 0) is 18.6 Å². The Morgan fingerprint density at radius 3 is 2.67 bits per heavy atom. The standard InChI is InChI=1S/C9H14N4OS/c1-12-2-4-13(5-3-12)9(14)7-6-11-15-8(7)10/h6H,2-5,10H2,1H3. The molecule has 5 nitrogen and oxygen atoms in total. The molecule has 1 fully saturated rings. The van der Waals surface area contributed by atoms with Crippen molar-refractivity contribution in [2.45, 2.75) is 0 Å². The topological polar surface area (TPSA) is 62.5 Å². The summed E-state index contributed by atoms with van der Waals surface area (Å²) in [4.78, 5) is 16.0. The Balaban J connectivity index is 2.06. The van der Waals surface area contributed by atoms with Gasteiger partial charge in [-0.2, -0.15) is 4.37 Å². The Hall–Kier alpha value is -1.14. The van der Waals surface area contributed by atoms with Gasteiger partial charge in [-0.1, -0.05) is 0 Å². The van der Waals surface area contributed by atoms with Crippen molar-refractivity contribution in [3.05, 3.63) is 11.8 Å². The number of nitrogens with two attached hydrogens (primary N) is 1. The maximum absolute atomic E-state index is 12.0. The van der Waals surface area contributed by atoms with Gasteiger partial charge in [0.05, 0.1) is 11.8 Å². The van der Waals surface area contributed by atoms with Crippen LogP contribution in [0, 0.1) is 0 Å². The number of carbonyl (C=O) groups is 1. The molecule has 0 bridgehead atoms. The summed E-state index contributed by atoms with van der Waals surface area (Å²) in [6.45, 7) is 3.38. The summed E-state index contributed by atoms with van der Waals surface area (Å²) in [5, 5.41) is 0.513. The Kier molecular flexibility index (Phi) is 2.88. The number of carbonyl (C=O) groups excluding carboxylic acids is 1. The van der Waals surface area contributed by atoms with Crippen LogP contribution in [0.1, 0.15) is 10.4 Å². The molecule has 0 saturated carbocycles. The van der Waals surface area contributed by atoms with Crippen LogP contribution in [0.3, 0.4) is 0 Å². The number of nitrogens with zero attached hydrogens (tertiary/aromatic N) is 3. The second-order valence-corrected chi connectivity index (χ2v) is 4.53. The lowest BCUT2D eigenvalue weighted by molar-refractivity contribution is 0.0665. The van der Waals surface area contributed by atoms with E-state index in [9.17, 15) is 4.79 Å². The Labute approximate surface area is 92.6 Å². The minimum Gasteiger partial charge on any atom is -0.389 e. The predicted octanol–water partition coefficient (Wildman–Crippen LogP) is 0.113. The first-order valence-corrected chi connectivity index (χ1v) is 5.64. The van der Waals surface area contributed by atoms with Crippen LogP contribution in [0.4, 0.5) is 5.00 Å². The molecule has 1 aromatic heterocycles. The van der Waals surface area contributed by atoms with Crippen molar-refractivity contribution in [3.8, 4) is 0 Å². The lowest BCUT2D eigenvalue weighted by Gasteiger charge is -2.32. The molecule has 0 aromatic carbocycles. The van der Waals surface area contributed by atoms with E-state index in [-0.39, 0.29) is 5.91 Å². The van der Waals surface area contributed by atoms with Crippen LogP contribution in [0.2, 0.25) is 0 Å². The molecular weight excluding hydrogens is 212 g/mol. The van der Waals surface area contributed by atoms with Crippen molar-refractivity contribution in [1.82, 2.24) is 14.2 Å². The Bertz CT molecular complexity index is 357. The van der Waals surface area contributed by atoms with Gasteiger partial charge in [-0.25, -0.2) is 0 Å². The Morgan fingerprint density at radius 1 is 1.47 bits per heavy atom. The predicted molar refractivity (Wildman–Crippen MR) is 59.9 cm³/mol. The molecule has 82 valence electrons. The van der Waals surface area contributed by atoms with Crippen molar-refractivity contribution in [2.75, 3.05) is 39.0 Å². The van der Waals surface area contributed by atoms with Crippen LogP contribution in [0.5, 0.6) is 0 Å². The maximum atomic E-state index is 12.0. The molecule has 0 spiro atoms. The van der Waals surface area contributed by atoms with E-state index in [1.54, 1.807) is 6.20 Å². The monoisotopic (exact) mass is 226 g/mol. The summed E-state index contributed by atoms with van der Waals surface area (Å²) in [5.41, 5.74) is 6.22. The zero-order valence-electron chi connectivity index (χ0n) is 8.64. The number of hydrogen-bond acceptors (Lipinski definition) is 5. The lowest BCUT2D eigenvalue weighted by Crippen LogP contribution is -2.47. The number of nitrogen functional groups attached to an aromatic ring is 1. The number of amides is 1. The molecule has 0 atom stereocenters. The molecule has 0 radical (unpaired) electrons. The van der Waals surface area contributed by atoms with Crippen LogP contribution >= 0.6 is 11.5 Å². The fourth-order valence-electron chi connectivity index (χ4n) is 1.59. The quantitative estimate of drug-likeness (QED) is 0.738. The van der Waals surface area contributed by atoms with Gasteiger partial charge in [0, 0.05) is 26.2 Å². The Morgan fingerprint density at radius 2 is 2.13 bits per heavy atom. The van der Waals surface area contributed by atoms with E-state index >= 15 is 0 Å². The highest BCUT2D eigenvalue weighted by molar-refractivity contribution is 7.10. The molecule has 2 rings (SSSR count). The first-order chi connectivity index (χ1) is 7.18. The minimum atomic E-state index is 0.00866. The summed E-state index contributed by atoms with van der Waals surface area (Å²) in [7, 11) is 2.06. The fraction of sp³-hybridized carbons (Fsp3) is 0.556. The molecule has 0 aliphatic carbocycles. The number of anilines is 1. The number of piperazine rings is 1. The number of hydrogen-bond donors (Lipinski definition) is 1. The van der Waals surface area contributed by atoms with Gasteiger partial charge in [-0.3, -0.25) is 4.79 Å². The SMILES string of the molecule is CN1CCN(C(=O)c2cnsc2N)CC1. The second kappa shape index (κ2) is 4.16. The number of rotatable bonds is 1. The summed E-state index contributed by atoms with van der Waals surface area (Å²) in [6, 6.07) is 0. The molecule has 6 heteroatoms. The summed E-state index contributed by atoms with van der Waals surface area (Å²) in [6.07, 6.45) is 1.56. The van der Waals surface area contributed by atoms with Crippen molar-refractivity contribution in [2.24, 2.45) is 0 Å². The zero-order valence-corrected chi connectivity index (χ0v) is 9.46. The third kappa shape index (κ3) is 2.10. The third-order valence-corrected chi connectivity index (χ3v) is 3.25. The van der Waals surface area contributed by atoms with E-state index < -0.39 is 0 Å². The van der Waals surface area contributed by atoms with E-state index in [0.29, 0.717) is 10.6 Å². The molecule has 15 heavy (non-hydrogen) atoms. The number of likely N-dealkylation sites (N-methyl/N-ethyl adjacent to an activating group) is 1. The average molecular weight is 226 g/mol. The van der Waals surface area contributed by atoms with E-state index in [1.807, 2.05) is 4.90 Å². The highest BCUT2D eigenvalue weighted by atomic mass is 32.1. The number of aromatic nitrogens is 1. The van der Waals surface area contributed by atoms with Gasteiger partial charge in [0.2, 0.25) is 0 Å². The van der Waals surface area contributed by atoms with Crippen molar-refractivity contribution in [1.29, 1.82) is 0 Å². The van der Waals surface area contributed by atoms with E-state index in [2.05, 4.69) is 16.3 Å². The van der Waals surface area contributed by atoms with E-state index in [1.165, 1.54) is 11.5 Å². The zero-order chi connectivity index (χ0) is 10.8. The first kappa shape index (κ1) is 10.4. The van der Waals surface area contributed by atoms with Gasteiger partial charge >= 0.3 is 0 Å². The van der Waals surface area contributed by atoms with Crippen LogP contribution in [-0.4, -0.2) is 53.3 Å². The molecule has 1 saturated heterocycles. The van der Waals surface area contributed by atoms with Crippen LogP contribution < -0.4 is 5.73 Å². The van der Waals surface area contributed by atoms with Gasteiger partial charge < -0.3 is 15.5 Å². The van der Waals surface area contributed by atoms with Crippen molar-refractivity contribution >= 4 is 22.4 Å². The normalized spacial score (nSPS) is 18.1. The molecule has 1 aliphatic rings. The van der Waals surface area contributed by atoms with E-state index in [4.69, 9.17) is 5.73 Å². The van der Waals surface area contributed by atoms with E-state index in [0.717, 1.165) is 26.2 Å². The van der Waals surface area contributed by atoms with Crippen LogP contribution in [-0.2, 0) is 0 Å². The summed E-state index contributed by atoms with van der Waals surface area (Å²) < 4.78 is 3.91. The molecule has 1 amide bonds. The highest BCUT2D eigenvalue weighted by Crippen LogP contribution is 2.18. The van der Waals surface area contributed by atoms with Gasteiger partial charge in [0.1, 0.15) is 5.00 Å². The van der Waals surface area contributed by atoms with Crippen molar-refractivity contribution in [3.63, 3.8) is 0 Å². The van der Waals surface area contributed by atoms with Gasteiger partial charge in [0.15, 0.2) is 0 Å². The van der Waals surface area contributed by atoms with Gasteiger partial charge in [-0.15, -0.1) is 0 Å². The molecular formula is C9H14N4OS. The minimum absolute atomic E-state index is 0.00866. The first-order valence-electron chi connectivity index (χ1n) is 4.86. The van der Waals surface area contributed by atoms with Crippen LogP contribution in [0.25, 0.3) is 0 Å². The molecule has 1 aliphatic heterocycles. The fourth-order valence-corrected chi connectivity index (χ4v) is 2.10. The largest absolute Gasteiger partial charge is 0.389 e. The molecule has 2 heterocycles. The molecule has 0 unspecified atom stereocenters. The highest BCUT2D eigenvalue weighted by Gasteiger charge is 2.22. The maximum Gasteiger partial charge on any atom is 0.258 e. The second-order valence-electron chi connectivity index (χ2n) is 3.70.